The number of hydrogen-bond donors (Lipinski definition) is 2. The maximum absolute atomic E-state index is 11.5. The molecule has 0 atom stereocenters. The van der Waals surface area contributed by atoms with Crippen LogP contribution in [0.25, 0.3) is 0 Å². The first-order valence-corrected chi connectivity index (χ1v) is 7.76. The normalized spacial score (nSPS) is 10.9. The minimum Gasteiger partial charge on any atom is -0.492 e. The number of rotatable bonds is 7. The summed E-state index contributed by atoms with van der Waals surface area (Å²) in [5.41, 5.74) is 3.99. The number of nitrogens with zero attached hydrogens (tertiary/aromatic N) is 1. The highest BCUT2D eigenvalue weighted by molar-refractivity contribution is 6.34. The first kappa shape index (κ1) is 20.5. The minimum absolute atomic E-state index is 0.0260. The predicted octanol–water partition coefficient (Wildman–Crippen LogP) is 2.64. The Morgan fingerprint density at radius 3 is 2.52 bits per heavy atom. The largest absolute Gasteiger partial charge is 0.492 e. The fourth-order valence-electron chi connectivity index (χ4n) is 1.72. The molecule has 0 spiro atoms. The minimum atomic E-state index is -0.837. The van der Waals surface area contributed by atoms with Crippen molar-refractivity contribution in [3.05, 3.63) is 32.8 Å². The van der Waals surface area contributed by atoms with Crippen molar-refractivity contribution in [3.63, 3.8) is 0 Å². The lowest BCUT2D eigenvalue weighted by Gasteiger charge is -2.19. The molecule has 138 valence electrons. The molecule has 0 saturated heterocycles. The van der Waals surface area contributed by atoms with E-state index < -0.39 is 28.2 Å². The van der Waals surface area contributed by atoms with Crippen LogP contribution >= 0.6 is 11.6 Å². The molecule has 0 fully saturated rings. The van der Waals surface area contributed by atoms with E-state index >= 15 is 0 Å². The third kappa shape index (κ3) is 6.84. The smallest absolute Gasteiger partial charge is 0.407 e. The van der Waals surface area contributed by atoms with Crippen LogP contribution in [-0.2, 0) is 4.74 Å². The van der Waals surface area contributed by atoms with Crippen LogP contribution in [0.2, 0.25) is 5.02 Å². The Kier molecular flexibility index (Phi) is 6.98. The molecule has 9 nitrogen and oxygen atoms in total. The molecule has 3 N–H and O–H groups in total. The fourth-order valence-corrected chi connectivity index (χ4v) is 1.95. The van der Waals surface area contributed by atoms with Gasteiger partial charge in [0.25, 0.3) is 5.69 Å². The molecule has 0 aliphatic rings. The molecule has 0 aliphatic carbocycles. The van der Waals surface area contributed by atoms with Gasteiger partial charge in [0.05, 0.1) is 11.5 Å². The molecule has 0 saturated carbocycles. The summed E-state index contributed by atoms with van der Waals surface area (Å²) in [6.45, 7) is 5.61. The van der Waals surface area contributed by atoms with E-state index in [0.717, 1.165) is 6.07 Å². The number of hydrogen-bond acceptors (Lipinski definition) is 6. The Labute approximate surface area is 149 Å². The average molecular weight is 374 g/mol. The zero-order valence-electron chi connectivity index (χ0n) is 14.1. The number of amides is 2. The van der Waals surface area contributed by atoms with Crippen molar-refractivity contribution in [3.8, 4) is 5.75 Å². The summed E-state index contributed by atoms with van der Waals surface area (Å²) in [6.07, 6.45) is -0.165. The van der Waals surface area contributed by atoms with Gasteiger partial charge in [-0.15, -0.1) is 0 Å². The summed E-state index contributed by atoms with van der Waals surface area (Å²) in [4.78, 5) is 32.9. The molecular weight excluding hydrogens is 354 g/mol. The molecule has 0 aliphatic heterocycles. The summed E-state index contributed by atoms with van der Waals surface area (Å²) in [5.74, 6) is -0.863. The number of ether oxygens (including phenoxy) is 2. The molecule has 1 aromatic rings. The number of nitro groups is 1. The molecule has 0 radical (unpaired) electrons. The maximum atomic E-state index is 11.5. The van der Waals surface area contributed by atoms with Crippen molar-refractivity contribution in [2.45, 2.75) is 32.8 Å². The Balaban J connectivity index is 2.61. The zero-order valence-corrected chi connectivity index (χ0v) is 14.9. The topological polar surface area (TPSA) is 134 Å². The summed E-state index contributed by atoms with van der Waals surface area (Å²) in [6, 6.07) is 2.22. The van der Waals surface area contributed by atoms with Gasteiger partial charge < -0.3 is 20.5 Å². The van der Waals surface area contributed by atoms with Gasteiger partial charge in [0, 0.05) is 18.2 Å². The molecule has 0 bridgehead atoms. The van der Waals surface area contributed by atoms with Crippen molar-refractivity contribution in [1.82, 2.24) is 5.32 Å². The van der Waals surface area contributed by atoms with Gasteiger partial charge in [-0.05, 0) is 33.3 Å². The summed E-state index contributed by atoms with van der Waals surface area (Å²) in [5, 5.41) is 13.3. The Hall–Kier alpha value is -2.55. The second-order valence-corrected chi connectivity index (χ2v) is 6.44. The van der Waals surface area contributed by atoms with Crippen molar-refractivity contribution in [2.24, 2.45) is 5.73 Å². The highest BCUT2D eigenvalue weighted by Gasteiger charge is 2.21. The predicted molar refractivity (Wildman–Crippen MR) is 91.0 cm³/mol. The molecule has 0 heterocycles. The van der Waals surface area contributed by atoms with Crippen LogP contribution in [-0.4, -0.2) is 35.7 Å². The van der Waals surface area contributed by atoms with E-state index in [1.165, 1.54) is 6.07 Å². The second-order valence-electron chi connectivity index (χ2n) is 6.06. The van der Waals surface area contributed by atoms with Crippen LogP contribution in [0.4, 0.5) is 10.5 Å². The highest BCUT2D eigenvalue weighted by atomic mass is 35.5. The molecule has 0 aromatic heterocycles. The van der Waals surface area contributed by atoms with Crippen molar-refractivity contribution >= 4 is 29.3 Å². The zero-order chi connectivity index (χ0) is 19.2. The lowest BCUT2D eigenvalue weighted by Crippen LogP contribution is -2.33. The van der Waals surface area contributed by atoms with Gasteiger partial charge in [0.15, 0.2) is 5.02 Å². The van der Waals surface area contributed by atoms with E-state index in [1.807, 2.05) is 0 Å². The quantitative estimate of drug-likeness (QED) is 0.428. The van der Waals surface area contributed by atoms with Crippen molar-refractivity contribution in [2.75, 3.05) is 13.2 Å². The van der Waals surface area contributed by atoms with E-state index in [9.17, 15) is 19.7 Å². The van der Waals surface area contributed by atoms with Crippen LogP contribution in [0.3, 0.4) is 0 Å². The molecule has 1 aromatic carbocycles. The summed E-state index contributed by atoms with van der Waals surface area (Å²) >= 11 is 5.91. The van der Waals surface area contributed by atoms with Gasteiger partial charge >= 0.3 is 6.09 Å². The third-order valence-corrected chi connectivity index (χ3v) is 3.13. The van der Waals surface area contributed by atoms with E-state index in [0.29, 0.717) is 6.42 Å². The van der Waals surface area contributed by atoms with Gasteiger partial charge in [-0.1, -0.05) is 11.6 Å². The van der Waals surface area contributed by atoms with Gasteiger partial charge in [-0.25, -0.2) is 4.79 Å². The van der Waals surface area contributed by atoms with Gasteiger partial charge in [0.1, 0.15) is 11.4 Å². The van der Waals surface area contributed by atoms with Gasteiger partial charge in [-0.3, -0.25) is 14.9 Å². The van der Waals surface area contributed by atoms with E-state index in [1.54, 1.807) is 20.8 Å². The van der Waals surface area contributed by atoms with E-state index in [2.05, 4.69) is 5.32 Å². The summed E-state index contributed by atoms with van der Waals surface area (Å²) < 4.78 is 10.4. The molecule has 25 heavy (non-hydrogen) atoms. The highest BCUT2D eigenvalue weighted by Crippen LogP contribution is 2.35. The van der Waals surface area contributed by atoms with Crippen LogP contribution in [0.1, 0.15) is 37.6 Å². The van der Waals surface area contributed by atoms with Crippen molar-refractivity contribution < 1.29 is 24.0 Å². The number of nitrogens with one attached hydrogen (secondary N) is 1. The first-order chi connectivity index (χ1) is 11.5. The lowest BCUT2D eigenvalue weighted by molar-refractivity contribution is -0.384. The number of carbonyl (C=O) groups excluding carboxylic acids is 2. The Morgan fingerprint density at radius 1 is 1.36 bits per heavy atom. The average Bonchev–Trinajstić information content (AvgIpc) is 2.45. The number of alkyl carbamates (subject to hydrolysis) is 1. The molecule has 0 unspecified atom stereocenters. The second kappa shape index (κ2) is 8.52. The Morgan fingerprint density at radius 2 is 2.00 bits per heavy atom. The van der Waals surface area contributed by atoms with E-state index in [-0.39, 0.29) is 29.5 Å². The molecular formula is C15H20ClN3O6. The fraction of sp³-hybridized carbons (Fsp3) is 0.467. The lowest BCUT2D eigenvalue weighted by atomic mass is 10.2. The van der Waals surface area contributed by atoms with Crippen LogP contribution in [0.5, 0.6) is 5.75 Å². The first-order valence-electron chi connectivity index (χ1n) is 7.38. The SMILES string of the molecule is CC(C)(C)OC(=O)NCCCOc1cc(C(N)=O)cc([N+](=O)[O-])c1Cl. The van der Waals surface area contributed by atoms with Crippen LogP contribution in [0, 0.1) is 10.1 Å². The number of primary amides is 1. The Bertz CT molecular complexity index is 672. The number of halogens is 1. The van der Waals surface area contributed by atoms with Crippen LogP contribution < -0.4 is 15.8 Å². The van der Waals surface area contributed by atoms with Crippen molar-refractivity contribution in [1.29, 1.82) is 0 Å². The molecule has 10 heteroatoms. The maximum Gasteiger partial charge on any atom is 0.407 e. The van der Waals surface area contributed by atoms with Gasteiger partial charge in [-0.2, -0.15) is 0 Å². The number of benzene rings is 1. The van der Waals surface area contributed by atoms with E-state index in [4.69, 9.17) is 26.8 Å². The molecule has 1 rings (SSSR count). The summed E-state index contributed by atoms with van der Waals surface area (Å²) in [7, 11) is 0. The van der Waals surface area contributed by atoms with Gasteiger partial charge in [0.2, 0.25) is 5.91 Å². The standard InChI is InChI=1S/C15H20ClN3O6/c1-15(2,3)25-14(21)18-5-4-6-24-11-8-9(13(17)20)7-10(12(11)16)19(22)23/h7-8H,4-6H2,1-3H3,(H2,17,20)(H,18,21). The number of carbonyl (C=O) groups is 2. The number of nitro benzene ring substituents is 1. The third-order valence-electron chi connectivity index (χ3n) is 2.75. The monoisotopic (exact) mass is 373 g/mol. The number of nitrogens with two attached hydrogens (primary N) is 1. The van der Waals surface area contributed by atoms with Crippen LogP contribution in [0.15, 0.2) is 12.1 Å². The molecule has 2 amide bonds.